The van der Waals surface area contributed by atoms with E-state index < -0.39 is 0 Å². The van der Waals surface area contributed by atoms with E-state index in [2.05, 4.69) is 72.6 Å². The maximum Gasteiger partial charge on any atom is 0.220 e. The second kappa shape index (κ2) is 9.00. The average molecular weight is 351 g/mol. The van der Waals surface area contributed by atoms with Gasteiger partial charge in [-0.1, -0.05) is 68.4 Å². The number of benzene rings is 2. The SMILES string of the molecule is CCN(CC)CCCC(=O)NC1c2ccccc2CC1c1ccccc1. The predicted octanol–water partition coefficient (Wildman–Crippen LogP) is 4.31. The van der Waals surface area contributed by atoms with Gasteiger partial charge in [-0.2, -0.15) is 0 Å². The average Bonchev–Trinajstić information content (AvgIpc) is 3.04. The third-order valence-electron chi connectivity index (χ3n) is 5.55. The minimum Gasteiger partial charge on any atom is -0.349 e. The lowest BCUT2D eigenvalue weighted by Crippen LogP contribution is -2.31. The molecular weight excluding hydrogens is 320 g/mol. The van der Waals surface area contributed by atoms with E-state index in [0.29, 0.717) is 12.3 Å². The van der Waals surface area contributed by atoms with Crippen molar-refractivity contribution in [1.82, 2.24) is 10.2 Å². The van der Waals surface area contributed by atoms with Crippen LogP contribution < -0.4 is 5.32 Å². The van der Waals surface area contributed by atoms with Gasteiger partial charge in [0.1, 0.15) is 0 Å². The molecule has 1 amide bonds. The Morgan fingerprint density at radius 1 is 1.04 bits per heavy atom. The van der Waals surface area contributed by atoms with Crippen LogP contribution in [0.4, 0.5) is 0 Å². The van der Waals surface area contributed by atoms with Gasteiger partial charge in [0.05, 0.1) is 6.04 Å². The number of nitrogens with zero attached hydrogens (tertiary/aromatic N) is 1. The van der Waals surface area contributed by atoms with Gasteiger partial charge in [-0.25, -0.2) is 0 Å². The highest BCUT2D eigenvalue weighted by atomic mass is 16.1. The van der Waals surface area contributed by atoms with Gasteiger partial charge >= 0.3 is 0 Å². The molecule has 0 saturated carbocycles. The molecule has 3 nitrogen and oxygen atoms in total. The van der Waals surface area contributed by atoms with Crippen molar-refractivity contribution in [2.45, 2.75) is 45.1 Å². The van der Waals surface area contributed by atoms with Gasteiger partial charge in [-0.05, 0) is 49.2 Å². The van der Waals surface area contributed by atoms with E-state index in [1.165, 1.54) is 16.7 Å². The molecule has 3 rings (SSSR count). The van der Waals surface area contributed by atoms with Crippen LogP contribution in [0.15, 0.2) is 54.6 Å². The Kier molecular flexibility index (Phi) is 6.45. The minimum absolute atomic E-state index is 0.0783. The van der Waals surface area contributed by atoms with Crippen LogP contribution in [0.5, 0.6) is 0 Å². The number of fused-ring (bicyclic) bond motifs is 1. The summed E-state index contributed by atoms with van der Waals surface area (Å²) in [7, 11) is 0. The summed E-state index contributed by atoms with van der Waals surface area (Å²) < 4.78 is 0. The molecule has 138 valence electrons. The fourth-order valence-electron chi connectivity index (χ4n) is 4.03. The van der Waals surface area contributed by atoms with Gasteiger partial charge in [0.2, 0.25) is 5.91 Å². The molecule has 0 spiro atoms. The Balaban J connectivity index is 1.68. The zero-order valence-corrected chi connectivity index (χ0v) is 15.9. The molecule has 0 aliphatic heterocycles. The maximum absolute atomic E-state index is 12.6. The highest BCUT2D eigenvalue weighted by Gasteiger charge is 2.34. The summed E-state index contributed by atoms with van der Waals surface area (Å²) >= 11 is 0. The molecule has 2 aromatic carbocycles. The molecule has 1 N–H and O–H groups in total. The second-order valence-corrected chi connectivity index (χ2v) is 7.10. The molecule has 0 bridgehead atoms. The zero-order chi connectivity index (χ0) is 18.4. The van der Waals surface area contributed by atoms with E-state index in [9.17, 15) is 4.79 Å². The molecule has 0 fully saturated rings. The van der Waals surface area contributed by atoms with Crippen LogP contribution in [-0.2, 0) is 11.2 Å². The smallest absolute Gasteiger partial charge is 0.220 e. The third-order valence-corrected chi connectivity index (χ3v) is 5.55. The molecule has 2 unspecified atom stereocenters. The van der Waals surface area contributed by atoms with E-state index in [4.69, 9.17) is 0 Å². The fraction of sp³-hybridized carbons (Fsp3) is 0.435. The van der Waals surface area contributed by atoms with Crippen LogP contribution >= 0.6 is 0 Å². The van der Waals surface area contributed by atoms with E-state index in [1.807, 2.05) is 6.07 Å². The van der Waals surface area contributed by atoms with E-state index in [1.54, 1.807) is 0 Å². The molecule has 0 heterocycles. The standard InChI is InChI=1S/C23H30N2O/c1-3-25(4-2)16-10-15-22(26)24-23-20-14-9-8-13-19(20)17-21(23)18-11-6-5-7-12-18/h5-9,11-14,21,23H,3-4,10,15-17H2,1-2H3,(H,24,26). The van der Waals surface area contributed by atoms with Gasteiger partial charge in [-0.3, -0.25) is 4.79 Å². The molecule has 2 atom stereocenters. The molecule has 0 saturated heterocycles. The number of nitrogens with one attached hydrogen (secondary N) is 1. The van der Waals surface area contributed by atoms with Gasteiger partial charge in [0.15, 0.2) is 0 Å². The Morgan fingerprint density at radius 3 is 2.46 bits per heavy atom. The van der Waals surface area contributed by atoms with Gasteiger partial charge in [0.25, 0.3) is 0 Å². The lowest BCUT2D eigenvalue weighted by Gasteiger charge is -2.23. The summed E-state index contributed by atoms with van der Waals surface area (Å²) in [5.41, 5.74) is 3.94. The van der Waals surface area contributed by atoms with Crippen LogP contribution in [0.2, 0.25) is 0 Å². The maximum atomic E-state index is 12.6. The number of rotatable bonds is 8. The molecular formula is C23H30N2O. The van der Waals surface area contributed by atoms with Crippen LogP contribution in [-0.4, -0.2) is 30.4 Å². The quantitative estimate of drug-likeness (QED) is 0.769. The number of hydrogen-bond acceptors (Lipinski definition) is 2. The molecule has 0 aromatic heterocycles. The first kappa shape index (κ1) is 18.7. The van der Waals surface area contributed by atoms with Crippen molar-refractivity contribution < 1.29 is 4.79 Å². The molecule has 2 aromatic rings. The van der Waals surface area contributed by atoms with Crippen molar-refractivity contribution in [3.63, 3.8) is 0 Å². The molecule has 26 heavy (non-hydrogen) atoms. The number of hydrogen-bond donors (Lipinski definition) is 1. The second-order valence-electron chi connectivity index (χ2n) is 7.10. The topological polar surface area (TPSA) is 32.3 Å². The number of amides is 1. The van der Waals surface area contributed by atoms with Crippen molar-refractivity contribution in [2.75, 3.05) is 19.6 Å². The monoisotopic (exact) mass is 350 g/mol. The van der Waals surface area contributed by atoms with Gasteiger partial charge < -0.3 is 10.2 Å². The summed E-state index contributed by atoms with van der Waals surface area (Å²) in [4.78, 5) is 15.0. The minimum atomic E-state index is 0.0783. The van der Waals surface area contributed by atoms with Gasteiger partial charge in [-0.15, -0.1) is 0 Å². The highest BCUT2D eigenvalue weighted by Crippen LogP contribution is 2.42. The van der Waals surface area contributed by atoms with Gasteiger partial charge in [0, 0.05) is 12.3 Å². The van der Waals surface area contributed by atoms with Crippen molar-refractivity contribution in [1.29, 1.82) is 0 Å². The lowest BCUT2D eigenvalue weighted by molar-refractivity contribution is -0.122. The van der Waals surface area contributed by atoms with Crippen molar-refractivity contribution in [3.8, 4) is 0 Å². The predicted molar refractivity (Wildman–Crippen MR) is 107 cm³/mol. The zero-order valence-electron chi connectivity index (χ0n) is 15.9. The first-order valence-electron chi connectivity index (χ1n) is 9.87. The Bertz CT molecular complexity index is 709. The van der Waals surface area contributed by atoms with Crippen LogP contribution in [0.3, 0.4) is 0 Å². The Morgan fingerprint density at radius 2 is 1.73 bits per heavy atom. The molecule has 1 aliphatic carbocycles. The third kappa shape index (κ3) is 4.34. The largest absolute Gasteiger partial charge is 0.349 e. The first-order chi connectivity index (χ1) is 12.7. The summed E-state index contributed by atoms with van der Waals surface area (Å²) in [5, 5.41) is 3.34. The molecule has 3 heteroatoms. The van der Waals surface area contributed by atoms with Crippen molar-refractivity contribution >= 4 is 5.91 Å². The summed E-state index contributed by atoms with van der Waals surface area (Å²) in [6.45, 7) is 7.42. The first-order valence-corrected chi connectivity index (χ1v) is 9.87. The molecule has 1 aliphatic rings. The van der Waals surface area contributed by atoms with Crippen LogP contribution in [0.1, 0.15) is 55.3 Å². The lowest BCUT2D eigenvalue weighted by atomic mass is 9.92. The van der Waals surface area contributed by atoms with Crippen LogP contribution in [0, 0.1) is 0 Å². The summed E-state index contributed by atoms with van der Waals surface area (Å²) in [6, 6.07) is 19.2. The van der Waals surface area contributed by atoms with Crippen molar-refractivity contribution in [2.24, 2.45) is 0 Å². The van der Waals surface area contributed by atoms with E-state index in [0.717, 1.165) is 32.5 Å². The van der Waals surface area contributed by atoms with E-state index >= 15 is 0 Å². The summed E-state index contributed by atoms with van der Waals surface area (Å²) in [5.74, 6) is 0.486. The Hall–Kier alpha value is -2.13. The highest BCUT2D eigenvalue weighted by molar-refractivity contribution is 5.77. The fourth-order valence-corrected chi connectivity index (χ4v) is 4.03. The normalized spacial score (nSPS) is 18.7. The number of carbonyl (C=O) groups excluding carboxylic acids is 1. The number of carbonyl (C=O) groups is 1. The van der Waals surface area contributed by atoms with Crippen molar-refractivity contribution in [3.05, 3.63) is 71.3 Å². The Labute approximate surface area is 157 Å². The van der Waals surface area contributed by atoms with E-state index in [-0.39, 0.29) is 11.9 Å². The summed E-state index contributed by atoms with van der Waals surface area (Å²) in [6.07, 6.45) is 2.50. The van der Waals surface area contributed by atoms with Crippen LogP contribution in [0.25, 0.3) is 0 Å². The molecule has 0 radical (unpaired) electrons.